The van der Waals surface area contributed by atoms with Crippen molar-refractivity contribution in [3.63, 3.8) is 0 Å². The lowest BCUT2D eigenvalue weighted by molar-refractivity contribution is -0.153. The van der Waals surface area contributed by atoms with E-state index in [0.717, 1.165) is 0 Å². The summed E-state index contributed by atoms with van der Waals surface area (Å²) < 4.78 is 5.06. The van der Waals surface area contributed by atoms with Crippen LogP contribution < -0.4 is 10.1 Å². The molecule has 1 fully saturated rings. The van der Waals surface area contributed by atoms with Gasteiger partial charge in [-0.1, -0.05) is 6.07 Å². The highest BCUT2D eigenvalue weighted by Gasteiger charge is 2.39. The lowest BCUT2D eigenvalue weighted by Crippen LogP contribution is -2.50. The van der Waals surface area contributed by atoms with Crippen molar-refractivity contribution in [1.29, 1.82) is 0 Å². The number of rotatable bonds is 5. The van der Waals surface area contributed by atoms with Crippen molar-refractivity contribution in [1.82, 2.24) is 10.2 Å². The second-order valence-corrected chi connectivity index (χ2v) is 6.20. The molecule has 2 rings (SSSR count). The fourth-order valence-corrected chi connectivity index (χ4v) is 2.76. The van der Waals surface area contributed by atoms with Gasteiger partial charge in [-0.05, 0) is 38.0 Å². The number of hydrogen-bond acceptors (Lipinski definition) is 4. The highest BCUT2D eigenvalue weighted by molar-refractivity contribution is 5.96. The Morgan fingerprint density at radius 1 is 1.38 bits per heavy atom. The number of carbonyl (C=O) groups excluding carboxylic acids is 2. The van der Waals surface area contributed by atoms with E-state index >= 15 is 0 Å². The molecule has 1 unspecified atom stereocenters. The van der Waals surface area contributed by atoms with E-state index in [1.165, 1.54) is 12.0 Å². The molecule has 0 bridgehead atoms. The maximum atomic E-state index is 12.3. The van der Waals surface area contributed by atoms with Gasteiger partial charge in [-0.2, -0.15) is 0 Å². The Kier molecular flexibility index (Phi) is 5.43. The first-order valence-corrected chi connectivity index (χ1v) is 7.79. The molecule has 130 valence electrons. The molecule has 2 amide bonds. The molecule has 7 heteroatoms. The third kappa shape index (κ3) is 4.04. The molecule has 1 atom stereocenters. The molecule has 1 aliphatic heterocycles. The van der Waals surface area contributed by atoms with Crippen LogP contribution in [0.25, 0.3) is 0 Å². The summed E-state index contributed by atoms with van der Waals surface area (Å²) in [5.41, 5.74) is -0.527. The van der Waals surface area contributed by atoms with Crippen LogP contribution in [0.2, 0.25) is 0 Å². The smallest absolute Gasteiger partial charge is 0.311 e. The Morgan fingerprint density at radius 2 is 2.12 bits per heavy atom. The van der Waals surface area contributed by atoms with E-state index in [9.17, 15) is 19.5 Å². The number of methoxy groups -OCH3 is 1. The third-order valence-electron chi connectivity index (χ3n) is 4.30. The van der Waals surface area contributed by atoms with E-state index in [0.29, 0.717) is 30.7 Å². The molecule has 0 aromatic heterocycles. The first-order valence-electron chi connectivity index (χ1n) is 7.79. The highest BCUT2D eigenvalue weighted by Crippen LogP contribution is 2.29. The predicted octanol–water partition coefficient (Wildman–Crippen LogP) is 1.14. The maximum Gasteiger partial charge on any atom is 0.311 e. The topological polar surface area (TPSA) is 95.9 Å². The highest BCUT2D eigenvalue weighted by atomic mass is 16.5. The first kappa shape index (κ1) is 17.8. The summed E-state index contributed by atoms with van der Waals surface area (Å²) in [7, 11) is 1.51. The number of carboxylic acids is 1. The summed E-state index contributed by atoms with van der Waals surface area (Å²) >= 11 is 0. The molecule has 7 nitrogen and oxygen atoms in total. The second-order valence-electron chi connectivity index (χ2n) is 6.20. The first-order chi connectivity index (χ1) is 11.4. The predicted molar refractivity (Wildman–Crippen MR) is 86.9 cm³/mol. The Bertz CT molecular complexity index is 646. The van der Waals surface area contributed by atoms with Gasteiger partial charge in [0.25, 0.3) is 5.91 Å². The normalized spacial score (nSPS) is 20.3. The third-order valence-corrected chi connectivity index (χ3v) is 4.30. The molecule has 2 N–H and O–H groups in total. The number of amides is 2. The van der Waals surface area contributed by atoms with Gasteiger partial charge in [0.1, 0.15) is 5.75 Å². The number of nitrogens with one attached hydrogen (secondary N) is 1. The summed E-state index contributed by atoms with van der Waals surface area (Å²) in [5.74, 6) is -0.999. The van der Waals surface area contributed by atoms with Crippen LogP contribution in [0.15, 0.2) is 24.3 Å². The summed E-state index contributed by atoms with van der Waals surface area (Å²) in [4.78, 5) is 37.2. The van der Waals surface area contributed by atoms with Crippen LogP contribution in [-0.2, 0) is 9.59 Å². The molecular formula is C17H22N2O5. The van der Waals surface area contributed by atoms with Crippen molar-refractivity contribution in [3.8, 4) is 5.75 Å². The van der Waals surface area contributed by atoms with Gasteiger partial charge in [-0.15, -0.1) is 0 Å². The van der Waals surface area contributed by atoms with Gasteiger partial charge in [0, 0.05) is 18.7 Å². The van der Waals surface area contributed by atoms with Crippen LogP contribution in [0.1, 0.15) is 30.1 Å². The second kappa shape index (κ2) is 7.33. The van der Waals surface area contributed by atoms with E-state index in [-0.39, 0.29) is 24.9 Å². The lowest BCUT2D eigenvalue weighted by atomic mass is 9.82. The fraction of sp³-hybridized carbons (Fsp3) is 0.471. The van der Waals surface area contributed by atoms with Crippen LogP contribution in [0.4, 0.5) is 0 Å². The number of aliphatic carboxylic acids is 1. The van der Waals surface area contributed by atoms with E-state index < -0.39 is 11.4 Å². The molecule has 1 heterocycles. The molecule has 0 aliphatic carbocycles. The zero-order chi connectivity index (χ0) is 17.7. The van der Waals surface area contributed by atoms with Crippen LogP contribution in [0.5, 0.6) is 5.75 Å². The van der Waals surface area contributed by atoms with Crippen LogP contribution in [0.3, 0.4) is 0 Å². The number of carbonyl (C=O) groups is 3. The summed E-state index contributed by atoms with van der Waals surface area (Å²) in [6, 6.07) is 6.63. The molecule has 0 radical (unpaired) electrons. The zero-order valence-corrected chi connectivity index (χ0v) is 13.9. The number of benzene rings is 1. The standard InChI is InChI=1S/C17H22N2O5/c1-17(16(22)23)7-4-8-19(11-17)14(20)10-18-15(21)12-5-3-6-13(9-12)24-2/h3,5-6,9H,4,7-8,10-11H2,1-2H3,(H,18,21)(H,22,23). The Labute approximate surface area is 140 Å². The monoisotopic (exact) mass is 334 g/mol. The molecular weight excluding hydrogens is 312 g/mol. The average Bonchev–Trinajstić information content (AvgIpc) is 2.59. The van der Waals surface area contributed by atoms with Crippen LogP contribution >= 0.6 is 0 Å². The van der Waals surface area contributed by atoms with Crippen molar-refractivity contribution in [2.24, 2.45) is 5.41 Å². The molecule has 1 aromatic carbocycles. The minimum Gasteiger partial charge on any atom is -0.497 e. The Hall–Kier alpha value is -2.57. The van der Waals surface area contributed by atoms with E-state index in [2.05, 4.69) is 5.32 Å². The number of piperidine rings is 1. The maximum absolute atomic E-state index is 12.3. The summed E-state index contributed by atoms with van der Waals surface area (Å²) in [6.07, 6.45) is 1.18. The van der Waals surface area contributed by atoms with Crippen LogP contribution in [-0.4, -0.2) is 54.5 Å². The molecule has 1 aromatic rings. The van der Waals surface area contributed by atoms with Crippen LogP contribution in [0, 0.1) is 5.41 Å². The van der Waals surface area contributed by atoms with Gasteiger partial charge >= 0.3 is 5.97 Å². The van der Waals surface area contributed by atoms with Crippen molar-refractivity contribution in [3.05, 3.63) is 29.8 Å². The Morgan fingerprint density at radius 3 is 2.79 bits per heavy atom. The number of carboxylic acid groups (broad SMARTS) is 1. The molecule has 1 aliphatic rings. The van der Waals surface area contributed by atoms with Gasteiger partial charge in [0.2, 0.25) is 5.91 Å². The van der Waals surface area contributed by atoms with Crippen molar-refractivity contribution >= 4 is 17.8 Å². The van der Waals surface area contributed by atoms with Gasteiger partial charge in [-0.25, -0.2) is 0 Å². The fourth-order valence-electron chi connectivity index (χ4n) is 2.76. The summed E-state index contributed by atoms with van der Waals surface area (Å²) in [5, 5.41) is 11.9. The van der Waals surface area contributed by atoms with Crippen molar-refractivity contribution in [2.45, 2.75) is 19.8 Å². The SMILES string of the molecule is COc1cccc(C(=O)NCC(=O)N2CCCC(C)(C(=O)O)C2)c1. The molecule has 1 saturated heterocycles. The quantitative estimate of drug-likeness (QED) is 0.842. The van der Waals surface area contributed by atoms with E-state index in [1.54, 1.807) is 31.2 Å². The molecule has 24 heavy (non-hydrogen) atoms. The number of nitrogens with zero attached hydrogens (tertiary/aromatic N) is 1. The minimum atomic E-state index is -0.926. The summed E-state index contributed by atoms with van der Waals surface area (Å²) in [6.45, 7) is 2.16. The minimum absolute atomic E-state index is 0.161. The number of likely N-dealkylation sites (tertiary alicyclic amines) is 1. The number of hydrogen-bond donors (Lipinski definition) is 2. The van der Waals surface area contributed by atoms with Crippen molar-refractivity contribution < 1.29 is 24.2 Å². The zero-order valence-electron chi connectivity index (χ0n) is 13.9. The van der Waals surface area contributed by atoms with E-state index in [1.807, 2.05) is 0 Å². The largest absolute Gasteiger partial charge is 0.497 e. The van der Waals surface area contributed by atoms with Gasteiger partial charge in [-0.3, -0.25) is 14.4 Å². The molecule has 0 spiro atoms. The number of ether oxygens (including phenoxy) is 1. The molecule has 0 saturated carbocycles. The van der Waals surface area contributed by atoms with Gasteiger partial charge < -0.3 is 20.1 Å². The van der Waals surface area contributed by atoms with Gasteiger partial charge in [0.05, 0.1) is 19.1 Å². The van der Waals surface area contributed by atoms with Gasteiger partial charge in [0.15, 0.2) is 0 Å². The van der Waals surface area contributed by atoms with E-state index in [4.69, 9.17) is 4.74 Å². The Balaban J connectivity index is 1.92. The van der Waals surface area contributed by atoms with Crippen molar-refractivity contribution in [2.75, 3.05) is 26.7 Å². The lowest BCUT2D eigenvalue weighted by Gasteiger charge is -2.37. The average molecular weight is 334 g/mol.